The number of carbonyl (C=O) groups is 1. The molecule has 0 aromatic carbocycles. The summed E-state index contributed by atoms with van der Waals surface area (Å²) in [5.41, 5.74) is 0.443. The second-order valence-electron chi connectivity index (χ2n) is 5.39. The van der Waals surface area contributed by atoms with Crippen LogP contribution in [0.1, 0.15) is 25.0 Å². The molecular weight excluding hydrogens is 264 g/mol. The van der Waals surface area contributed by atoms with Crippen LogP contribution < -0.4 is 4.72 Å². The number of nitrogens with one attached hydrogen (secondary N) is 1. The van der Waals surface area contributed by atoms with E-state index >= 15 is 0 Å². The third kappa shape index (κ3) is 2.78. The van der Waals surface area contributed by atoms with Gasteiger partial charge in [-0.25, -0.2) is 8.42 Å². The number of aromatic nitrogens is 1. The van der Waals surface area contributed by atoms with E-state index in [1.165, 1.54) is 0 Å². The van der Waals surface area contributed by atoms with Crippen molar-refractivity contribution in [2.75, 3.05) is 0 Å². The first-order valence-corrected chi connectivity index (χ1v) is 8.14. The number of hydrogen-bond donors (Lipinski definition) is 1. The number of nitrogens with zero attached hydrogens (tertiary/aromatic N) is 1. The van der Waals surface area contributed by atoms with Gasteiger partial charge >= 0.3 is 0 Å². The van der Waals surface area contributed by atoms with Crippen LogP contribution >= 0.6 is 0 Å². The summed E-state index contributed by atoms with van der Waals surface area (Å²) >= 11 is 0. The maximum Gasteiger partial charge on any atom is 0.240 e. The largest absolute Gasteiger partial charge is 0.274 e. The van der Waals surface area contributed by atoms with Crippen molar-refractivity contribution in [3.63, 3.8) is 0 Å². The Morgan fingerprint density at radius 3 is 2.79 bits per heavy atom. The van der Waals surface area contributed by atoms with Gasteiger partial charge in [0.2, 0.25) is 15.9 Å². The van der Waals surface area contributed by atoms with Crippen LogP contribution in [0.15, 0.2) is 24.4 Å². The van der Waals surface area contributed by atoms with Crippen LogP contribution in [0.2, 0.25) is 0 Å². The number of fused-ring (bicyclic) bond motifs is 1. The molecule has 1 aromatic rings. The van der Waals surface area contributed by atoms with E-state index in [1.54, 1.807) is 24.4 Å². The van der Waals surface area contributed by atoms with Gasteiger partial charge in [0, 0.05) is 12.1 Å². The predicted octanol–water partition coefficient (Wildman–Crippen LogP) is 1.07. The molecule has 1 aromatic heterocycles. The van der Waals surface area contributed by atoms with Crippen LogP contribution in [0.5, 0.6) is 0 Å². The highest BCUT2D eigenvalue weighted by molar-refractivity contribution is 7.89. The van der Waals surface area contributed by atoms with Crippen LogP contribution in [0.25, 0.3) is 0 Å². The molecule has 3 atom stereocenters. The Labute approximate surface area is 112 Å². The molecule has 0 saturated heterocycles. The third-order valence-electron chi connectivity index (χ3n) is 4.00. The maximum absolute atomic E-state index is 12.0. The molecular formula is C13H16N2O3S. The Morgan fingerprint density at radius 1 is 1.37 bits per heavy atom. The van der Waals surface area contributed by atoms with Crippen molar-refractivity contribution in [3.8, 4) is 0 Å². The summed E-state index contributed by atoms with van der Waals surface area (Å²) in [6, 6.07) is 5.09. The normalized spacial score (nSPS) is 28.7. The molecule has 2 saturated carbocycles. The Morgan fingerprint density at radius 2 is 2.21 bits per heavy atom. The quantitative estimate of drug-likeness (QED) is 0.895. The zero-order chi connectivity index (χ0) is 13.5. The molecule has 1 N–H and O–H groups in total. The van der Waals surface area contributed by atoms with E-state index in [0.29, 0.717) is 17.5 Å². The summed E-state index contributed by atoms with van der Waals surface area (Å²) in [4.78, 5) is 15.9. The van der Waals surface area contributed by atoms with Gasteiger partial charge in [0.15, 0.2) is 0 Å². The smallest absolute Gasteiger partial charge is 0.240 e. The highest BCUT2D eigenvalue weighted by atomic mass is 32.2. The van der Waals surface area contributed by atoms with Crippen LogP contribution in [-0.4, -0.2) is 19.3 Å². The molecule has 0 spiro atoms. The van der Waals surface area contributed by atoms with E-state index < -0.39 is 10.0 Å². The SMILES string of the molecule is O=C(NS(=O)(=O)Cc1ccccn1)[C@@H]1CC[C@@H]2C[C@@H]21. The van der Waals surface area contributed by atoms with Gasteiger partial charge in [-0.2, -0.15) is 0 Å². The standard InChI is InChI=1S/C13H16N2O3S/c16-13(11-5-4-9-7-12(9)11)15-19(17,18)8-10-3-1-2-6-14-10/h1-3,6,9,11-12H,4-5,7-8H2,(H,15,16)/t9-,11-,12+/m1/s1. The topological polar surface area (TPSA) is 76.1 Å². The third-order valence-corrected chi connectivity index (χ3v) is 5.19. The lowest BCUT2D eigenvalue weighted by atomic mass is 10.0. The number of rotatable bonds is 4. The second kappa shape index (κ2) is 4.59. The first-order valence-electron chi connectivity index (χ1n) is 6.49. The number of amides is 1. The highest BCUT2D eigenvalue weighted by Crippen LogP contribution is 2.55. The number of pyridine rings is 1. The van der Waals surface area contributed by atoms with Crippen molar-refractivity contribution in [2.45, 2.75) is 25.0 Å². The predicted molar refractivity (Wildman–Crippen MR) is 69.3 cm³/mol. The molecule has 19 heavy (non-hydrogen) atoms. The summed E-state index contributed by atoms with van der Waals surface area (Å²) in [6.45, 7) is 0. The minimum absolute atomic E-state index is 0.108. The summed E-state index contributed by atoms with van der Waals surface area (Å²) in [5, 5.41) is 0. The van der Waals surface area contributed by atoms with Crippen molar-refractivity contribution in [2.24, 2.45) is 17.8 Å². The first kappa shape index (κ1) is 12.6. The molecule has 0 aliphatic heterocycles. The van der Waals surface area contributed by atoms with Crippen LogP contribution in [-0.2, 0) is 20.6 Å². The Kier molecular flexibility index (Phi) is 3.05. The molecule has 0 bridgehead atoms. The van der Waals surface area contributed by atoms with Crippen molar-refractivity contribution >= 4 is 15.9 Å². The van der Waals surface area contributed by atoms with Crippen molar-refractivity contribution < 1.29 is 13.2 Å². The zero-order valence-electron chi connectivity index (χ0n) is 10.5. The fourth-order valence-electron chi connectivity index (χ4n) is 2.97. The fourth-order valence-corrected chi connectivity index (χ4v) is 4.06. The molecule has 1 amide bonds. The van der Waals surface area contributed by atoms with Crippen LogP contribution in [0.3, 0.4) is 0 Å². The van der Waals surface area contributed by atoms with E-state index in [-0.39, 0.29) is 17.6 Å². The lowest BCUT2D eigenvalue weighted by molar-refractivity contribution is -0.123. The van der Waals surface area contributed by atoms with Crippen molar-refractivity contribution in [1.82, 2.24) is 9.71 Å². The molecule has 5 nitrogen and oxygen atoms in total. The van der Waals surface area contributed by atoms with Crippen molar-refractivity contribution in [3.05, 3.63) is 30.1 Å². The summed E-state index contributed by atoms with van der Waals surface area (Å²) in [6.07, 6.45) is 4.50. The minimum Gasteiger partial charge on any atom is -0.274 e. The Balaban J connectivity index is 1.63. The molecule has 2 aliphatic rings. The zero-order valence-corrected chi connectivity index (χ0v) is 11.3. The average molecular weight is 280 g/mol. The Bertz CT molecular complexity index is 585. The van der Waals surface area contributed by atoms with Gasteiger partial charge in [-0.3, -0.25) is 14.5 Å². The molecule has 3 rings (SSSR count). The lowest BCUT2D eigenvalue weighted by Crippen LogP contribution is -2.36. The van der Waals surface area contributed by atoms with Gasteiger partial charge in [-0.05, 0) is 43.2 Å². The van der Waals surface area contributed by atoms with Crippen LogP contribution in [0.4, 0.5) is 0 Å². The maximum atomic E-state index is 12.0. The van der Waals surface area contributed by atoms with E-state index in [9.17, 15) is 13.2 Å². The van der Waals surface area contributed by atoms with Gasteiger partial charge in [0.1, 0.15) is 5.75 Å². The molecule has 2 aliphatic carbocycles. The minimum atomic E-state index is -3.64. The summed E-state index contributed by atoms with van der Waals surface area (Å²) in [7, 11) is -3.64. The molecule has 6 heteroatoms. The molecule has 102 valence electrons. The number of sulfonamides is 1. The highest BCUT2D eigenvalue weighted by Gasteiger charge is 2.51. The molecule has 0 unspecified atom stereocenters. The molecule has 1 heterocycles. The van der Waals surface area contributed by atoms with E-state index in [2.05, 4.69) is 9.71 Å². The van der Waals surface area contributed by atoms with Gasteiger partial charge in [-0.15, -0.1) is 0 Å². The molecule has 2 fully saturated rings. The molecule has 0 radical (unpaired) electrons. The van der Waals surface area contributed by atoms with Crippen LogP contribution in [0, 0.1) is 17.8 Å². The average Bonchev–Trinajstić information content (AvgIpc) is 3.00. The number of carbonyl (C=O) groups excluding carboxylic acids is 1. The van der Waals surface area contributed by atoms with E-state index in [4.69, 9.17) is 0 Å². The van der Waals surface area contributed by atoms with Gasteiger partial charge < -0.3 is 0 Å². The van der Waals surface area contributed by atoms with E-state index in [1.807, 2.05) is 0 Å². The number of hydrogen-bond acceptors (Lipinski definition) is 4. The first-order chi connectivity index (χ1) is 9.05. The fraction of sp³-hybridized carbons (Fsp3) is 0.538. The van der Waals surface area contributed by atoms with Gasteiger partial charge in [0.25, 0.3) is 0 Å². The van der Waals surface area contributed by atoms with Crippen molar-refractivity contribution in [1.29, 1.82) is 0 Å². The Hall–Kier alpha value is -1.43. The van der Waals surface area contributed by atoms with Gasteiger partial charge in [-0.1, -0.05) is 6.07 Å². The lowest BCUT2D eigenvalue weighted by Gasteiger charge is -2.12. The summed E-state index contributed by atoms with van der Waals surface area (Å²) in [5.74, 6) is 0.393. The monoisotopic (exact) mass is 280 g/mol. The second-order valence-corrected chi connectivity index (χ2v) is 7.11. The summed E-state index contributed by atoms with van der Waals surface area (Å²) < 4.78 is 26.0. The van der Waals surface area contributed by atoms with E-state index in [0.717, 1.165) is 19.3 Å². The van der Waals surface area contributed by atoms with Gasteiger partial charge in [0.05, 0.1) is 5.69 Å².